The highest BCUT2D eigenvalue weighted by Gasteiger charge is 2.20. The summed E-state index contributed by atoms with van der Waals surface area (Å²) >= 11 is 3.34. The van der Waals surface area contributed by atoms with Crippen LogP contribution in [0.4, 0.5) is 0 Å². The van der Waals surface area contributed by atoms with Crippen LogP contribution in [-0.2, 0) is 4.79 Å². The lowest BCUT2D eigenvalue weighted by molar-refractivity contribution is -0.137. The van der Waals surface area contributed by atoms with Gasteiger partial charge in [-0.25, -0.2) is 0 Å². The third-order valence-corrected chi connectivity index (χ3v) is 3.16. The zero-order chi connectivity index (χ0) is 10.9. The Labute approximate surface area is 90.2 Å². The van der Waals surface area contributed by atoms with E-state index in [0.29, 0.717) is 5.76 Å². The fraction of sp³-hybridized carbons (Fsp3) is 0.444. The van der Waals surface area contributed by atoms with Crippen molar-refractivity contribution in [1.82, 2.24) is 0 Å². The summed E-state index contributed by atoms with van der Waals surface area (Å²) in [4.78, 5) is 10.5. The molecule has 0 amide bonds. The highest BCUT2D eigenvalue weighted by Crippen LogP contribution is 2.30. The summed E-state index contributed by atoms with van der Waals surface area (Å²) in [5.74, 6) is 0.331. The van der Waals surface area contributed by atoms with Gasteiger partial charge in [-0.05, 0) is 29.8 Å². The molecule has 0 aromatic carbocycles. The van der Waals surface area contributed by atoms with E-state index in [0.717, 1.165) is 15.8 Å². The van der Waals surface area contributed by atoms with Gasteiger partial charge in [-0.2, -0.15) is 0 Å². The molecule has 0 saturated carbocycles. The third-order valence-electron chi connectivity index (χ3n) is 2.00. The van der Waals surface area contributed by atoms with E-state index in [2.05, 4.69) is 15.9 Å². The highest BCUT2D eigenvalue weighted by molar-refractivity contribution is 9.10. The fourth-order valence-corrected chi connectivity index (χ4v) is 1.57. The van der Waals surface area contributed by atoms with Crippen molar-refractivity contribution in [2.75, 3.05) is 0 Å². The first-order valence-corrected chi connectivity index (χ1v) is 4.95. The molecular weight excluding hydrogens is 250 g/mol. The van der Waals surface area contributed by atoms with Gasteiger partial charge in [0.2, 0.25) is 0 Å². The van der Waals surface area contributed by atoms with Crippen LogP contribution in [0.3, 0.4) is 0 Å². The van der Waals surface area contributed by atoms with Crippen molar-refractivity contribution in [2.45, 2.75) is 26.3 Å². The van der Waals surface area contributed by atoms with E-state index in [9.17, 15) is 4.79 Å². The van der Waals surface area contributed by atoms with Gasteiger partial charge in [-0.3, -0.25) is 4.79 Å². The summed E-state index contributed by atoms with van der Waals surface area (Å²) < 4.78 is 6.23. The van der Waals surface area contributed by atoms with Gasteiger partial charge in [0.05, 0.1) is 16.9 Å². The number of halogens is 1. The van der Waals surface area contributed by atoms with Crippen molar-refractivity contribution in [2.24, 2.45) is 5.73 Å². The van der Waals surface area contributed by atoms with Gasteiger partial charge in [0.25, 0.3) is 0 Å². The van der Waals surface area contributed by atoms with Crippen molar-refractivity contribution in [3.05, 3.63) is 21.6 Å². The number of hydrogen-bond donors (Lipinski definition) is 2. The number of carbonyl (C=O) groups is 1. The second kappa shape index (κ2) is 4.14. The number of furan rings is 1. The normalized spacial score (nSPS) is 12.9. The zero-order valence-corrected chi connectivity index (χ0v) is 9.59. The van der Waals surface area contributed by atoms with Crippen LogP contribution in [0, 0.1) is 13.8 Å². The third kappa shape index (κ3) is 2.16. The first-order valence-electron chi connectivity index (χ1n) is 4.16. The molecule has 0 bridgehead atoms. The Bertz CT molecular complexity index is 359. The van der Waals surface area contributed by atoms with Crippen molar-refractivity contribution in [3.8, 4) is 0 Å². The molecule has 1 aromatic rings. The van der Waals surface area contributed by atoms with Gasteiger partial charge in [-0.15, -0.1) is 0 Å². The number of aliphatic carboxylic acids is 1. The molecule has 0 spiro atoms. The molecule has 0 saturated heterocycles. The minimum absolute atomic E-state index is 0.125. The van der Waals surface area contributed by atoms with Crippen molar-refractivity contribution < 1.29 is 14.3 Å². The van der Waals surface area contributed by atoms with E-state index in [1.807, 2.05) is 6.92 Å². The Morgan fingerprint density at radius 2 is 2.21 bits per heavy atom. The molecule has 1 aromatic heterocycles. The second-order valence-corrected chi connectivity index (χ2v) is 3.96. The summed E-state index contributed by atoms with van der Waals surface area (Å²) in [6, 6.07) is -0.586. The Kier molecular flexibility index (Phi) is 3.34. The average Bonchev–Trinajstić information content (AvgIpc) is 2.32. The topological polar surface area (TPSA) is 76.5 Å². The molecule has 14 heavy (non-hydrogen) atoms. The van der Waals surface area contributed by atoms with Crippen LogP contribution in [0.15, 0.2) is 8.89 Å². The largest absolute Gasteiger partial charge is 0.481 e. The molecule has 1 rings (SSSR count). The summed E-state index contributed by atoms with van der Waals surface area (Å²) in [7, 11) is 0. The standard InChI is InChI=1S/C9H12BrNO3/c1-4-8(10)5(2)14-9(4)6(11)3-7(12)13/h6H,3,11H2,1-2H3,(H,12,13). The summed E-state index contributed by atoms with van der Waals surface area (Å²) in [5.41, 5.74) is 6.56. The zero-order valence-electron chi connectivity index (χ0n) is 8.00. The number of hydrogen-bond acceptors (Lipinski definition) is 3. The molecule has 1 unspecified atom stereocenters. The molecule has 0 aliphatic carbocycles. The molecule has 3 N–H and O–H groups in total. The Balaban J connectivity index is 2.95. The Hall–Kier alpha value is -0.810. The molecule has 1 heterocycles. The van der Waals surface area contributed by atoms with Gasteiger partial charge in [0, 0.05) is 5.56 Å². The van der Waals surface area contributed by atoms with E-state index in [4.69, 9.17) is 15.3 Å². The molecule has 1 atom stereocenters. The van der Waals surface area contributed by atoms with Crippen LogP contribution < -0.4 is 5.73 Å². The highest BCUT2D eigenvalue weighted by atomic mass is 79.9. The van der Waals surface area contributed by atoms with Crippen molar-refractivity contribution >= 4 is 21.9 Å². The minimum Gasteiger partial charge on any atom is -0.481 e. The Morgan fingerprint density at radius 1 is 1.64 bits per heavy atom. The predicted octanol–water partition coefficient (Wildman–Crippen LogP) is 2.13. The van der Waals surface area contributed by atoms with E-state index in [1.54, 1.807) is 6.92 Å². The minimum atomic E-state index is -0.929. The maximum Gasteiger partial charge on any atom is 0.305 e. The lowest BCUT2D eigenvalue weighted by Crippen LogP contribution is -2.15. The molecular formula is C9H12BrNO3. The second-order valence-electron chi connectivity index (χ2n) is 3.17. The summed E-state index contributed by atoms with van der Waals surface area (Å²) in [6.07, 6.45) is -0.125. The van der Waals surface area contributed by atoms with Crippen LogP contribution in [0.1, 0.15) is 29.5 Å². The quantitative estimate of drug-likeness (QED) is 0.874. The number of carboxylic acids is 1. The van der Waals surface area contributed by atoms with Gasteiger partial charge >= 0.3 is 5.97 Å². The average molecular weight is 262 g/mol. The lowest BCUT2D eigenvalue weighted by Gasteiger charge is -2.06. The molecule has 0 radical (unpaired) electrons. The summed E-state index contributed by atoms with van der Waals surface area (Å²) in [6.45, 7) is 3.64. The molecule has 0 aliphatic heterocycles. The predicted molar refractivity (Wildman–Crippen MR) is 55.1 cm³/mol. The molecule has 4 nitrogen and oxygen atoms in total. The number of rotatable bonds is 3. The lowest BCUT2D eigenvalue weighted by atomic mass is 10.1. The monoisotopic (exact) mass is 261 g/mol. The van der Waals surface area contributed by atoms with Crippen molar-refractivity contribution in [3.63, 3.8) is 0 Å². The maximum atomic E-state index is 10.5. The first-order chi connectivity index (χ1) is 6.43. The van der Waals surface area contributed by atoms with Gasteiger partial charge in [0.15, 0.2) is 0 Å². The van der Waals surface area contributed by atoms with Gasteiger partial charge in [0.1, 0.15) is 11.5 Å². The van der Waals surface area contributed by atoms with E-state index in [-0.39, 0.29) is 6.42 Å². The van der Waals surface area contributed by atoms with Crippen LogP contribution in [0.5, 0.6) is 0 Å². The van der Waals surface area contributed by atoms with Crippen LogP contribution in [0.25, 0.3) is 0 Å². The van der Waals surface area contributed by atoms with Crippen molar-refractivity contribution in [1.29, 1.82) is 0 Å². The maximum absolute atomic E-state index is 10.5. The number of nitrogens with two attached hydrogens (primary N) is 1. The molecule has 78 valence electrons. The SMILES string of the molecule is Cc1oc(C(N)CC(=O)O)c(C)c1Br. The smallest absolute Gasteiger partial charge is 0.305 e. The number of carboxylic acid groups (broad SMARTS) is 1. The first kappa shape index (κ1) is 11.3. The van der Waals surface area contributed by atoms with Gasteiger partial charge < -0.3 is 15.3 Å². The molecule has 0 aliphatic rings. The van der Waals surface area contributed by atoms with Crippen LogP contribution in [0.2, 0.25) is 0 Å². The molecule has 5 heteroatoms. The van der Waals surface area contributed by atoms with E-state index in [1.165, 1.54) is 0 Å². The fourth-order valence-electron chi connectivity index (χ4n) is 1.29. The molecule has 0 fully saturated rings. The van der Waals surface area contributed by atoms with Gasteiger partial charge in [-0.1, -0.05) is 0 Å². The van der Waals surface area contributed by atoms with Crippen LogP contribution >= 0.6 is 15.9 Å². The number of aryl methyl sites for hydroxylation is 1. The Morgan fingerprint density at radius 3 is 2.57 bits per heavy atom. The van der Waals surface area contributed by atoms with Crippen LogP contribution in [-0.4, -0.2) is 11.1 Å². The van der Waals surface area contributed by atoms with E-state index < -0.39 is 12.0 Å². The summed E-state index contributed by atoms with van der Waals surface area (Å²) in [5, 5.41) is 8.58. The van der Waals surface area contributed by atoms with E-state index >= 15 is 0 Å².